The van der Waals surface area contributed by atoms with Crippen molar-refractivity contribution in [2.24, 2.45) is 0 Å². The van der Waals surface area contributed by atoms with Crippen LogP contribution in [0.1, 0.15) is 17.6 Å². The average Bonchev–Trinajstić information content (AvgIpc) is 2.36. The van der Waals surface area contributed by atoms with Gasteiger partial charge in [-0.3, -0.25) is 0 Å². The summed E-state index contributed by atoms with van der Waals surface area (Å²) < 4.78 is 9.18. The number of hydrogen-bond donors (Lipinski definition) is 0. The third kappa shape index (κ3) is 3.46. The minimum atomic E-state index is -0.642. The van der Waals surface area contributed by atoms with Gasteiger partial charge in [0.2, 0.25) is 0 Å². The second-order valence-electron chi connectivity index (χ2n) is 1.59. The molecule has 0 unspecified atom stereocenters. The summed E-state index contributed by atoms with van der Waals surface area (Å²) in [5, 5.41) is 6.66. The molecule has 0 saturated heterocycles. The third-order valence-electron chi connectivity index (χ3n) is 0.857. The number of carbonyl (C=O) groups is 1. The minimum absolute atomic E-state index is 0. The number of hydrogen-bond acceptors (Lipinski definition) is 5. The first-order chi connectivity index (χ1) is 5.24. The number of aromatic nitrogens is 2. The van der Waals surface area contributed by atoms with Gasteiger partial charge in [-0.25, -0.2) is 4.79 Å². The van der Waals surface area contributed by atoms with E-state index in [1.807, 2.05) is 0 Å². The largest absolute Gasteiger partial charge is 1.00 e. The van der Waals surface area contributed by atoms with Crippen LogP contribution in [0.25, 0.3) is 0 Å². The Morgan fingerprint density at radius 1 is 1.83 bits per heavy atom. The maximum Gasteiger partial charge on any atom is 1.00 e. The van der Waals surface area contributed by atoms with Crippen molar-refractivity contribution < 1.29 is 65.3 Å². The van der Waals surface area contributed by atoms with Crippen molar-refractivity contribution in [3.63, 3.8) is 0 Å². The molecule has 0 aromatic carbocycles. The molecule has 0 bridgehead atoms. The third-order valence-corrected chi connectivity index (χ3v) is 1.02. The van der Waals surface area contributed by atoms with E-state index >= 15 is 0 Å². The van der Waals surface area contributed by atoms with E-state index in [0.29, 0.717) is 0 Å². The van der Waals surface area contributed by atoms with Gasteiger partial charge in [0.05, 0.1) is 6.61 Å². The fourth-order valence-corrected chi connectivity index (χ4v) is 0.605. The van der Waals surface area contributed by atoms with Gasteiger partial charge in [-0.15, -0.1) is 0 Å². The van der Waals surface area contributed by atoms with Crippen LogP contribution in [0.2, 0.25) is 0 Å². The molecule has 1 aromatic rings. The van der Waals surface area contributed by atoms with E-state index in [1.54, 1.807) is 6.92 Å². The number of esters is 1. The normalized spacial score (nSPS) is 8.75. The summed E-state index contributed by atoms with van der Waals surface area (Å²) in [7, 11) is 0. The van der Waals surface area contributed by atoms with Gasteiger partial charge in [0.1, 0.15) is 4.84 Å². The van der Waals surface area contributed by atoms with E-state index < -0.39 is 5.97 Å². The first-order valence-corrected chi connectivity index (χ1v) is 3.32. The van der Waals surface area contributed by atoms with E-state index in [1.165, 1.54) is 0 Å². The zero-order valence-electron chi connectivity index (χ0n) is 6.73. The van der Waals surface area contributed by atoms with Gasteiger partial charge in [-0.2, -0.15) is 0 Å². The minimum Gasteiger partial charge on any atom is -0.532 e. The van der Waals surface area contributed by atoms with Crippen molar-refractivity contribution in [2.45, 2.75) is 6.92 Å². The average molecular weight is 212 g/mol. The van der Waals surface area contributed by atoms with Crippen LogP contribution in [-0.4, -0.2) is 17.7 Å². The van der Waals surface area contributed by atoms with Crippen molar-refractivity contribution in [3.05, 3.63) is 10.7 Å². The zero-order chi connectivity index (χ0) is 8.27. The fourth-order valence-electron chi connectivity index (χ4n) is 0.485. The van der Waals surface area contributed by atoms with E-state index in [9.17, 15) is 4.79 Å². The van der Waals surface area contributed by atoms with Crippen molar-refractivity contribution in [1.82, 2.24) is 10.2 Å². The second kappa shape index (κ2) is 6.00. The number of rotatable bonds is 2. The van der Waals surface area contributed by atoms with Crippen LogP contribution in [0.15, 0.2) is 4.42 Å². The number of carbonyl (C=O) groups excluding carboxylic acids is 1. The van der Waals surface area contributed by atoms with E-state index in [-0.39, 0.29) is 68.7 Å². The van der Waals surface area contributed by atoms with Gasteiger partial charge in [-0.05, 0) is 6.92 Å². The Kier molecular flexibility index (Phi) is 6.24. The topological polar surface area (TPSA) is 66.4 Å². The Morgan fingerprint density at radius 3 is 2.92 bits per heavy atom. The van der Waals surface area contributed by atoms with Crippen molar-refractivity contribution >= 4 is 18.2 Å². The van der Waals surface area contributed by atoms with Gasteiger partial charge < -0.3 is 19.4 Å². The molecule has 12 heavy (non-hydrogen) atoms. The molecule has 1 heterocycles. The Labute approximate surface area is 116 Å². The summed E-state index contributed by atoms with van der Waals surface area (Å²) in [4.78, 5) is 10.7. The summed E-state index contributed by atoms with van der Waals surface area (Å²) in [5.74, 6) is -0.840. The first kappa shape index (κ1) is 12.5. The molecule has 7 heteroatoms. The Bertz CT molecular complexity index is 308. The summed E-state index contributed by atoms with van der Waals surface area (Å²) >= 11 is 4.49. The molecule has 0 saturated carbocycles. The van der Waals surface area contributed by atoms with Crippen LogP contribution in [0.3, 0.4) is 0 Å². The maximum absolute atomic E-state index is 10.8. The standard InChI is InChI=1S/C5H6N2O3S.K/c1-2-9-4(8)3-6-7-5(11)10-3;/h2H2,1H3,(H,7,8,11);/q;+1/p-1. The molecule has 0 aliphatic rings. The quantitative estimate of drug-likeness (QED) is 0.308. The van der Waals surface area contributed by atoms with Crippen LogP contribution in [0, 0.1) is 4.84 Å². The summed E-state index contributed by atoms with van der Waals surface area (Å²) in [6, 6.07) is 0. The molecule has 0 fully saturated rings. The molecular weight excluding hydrogens is 207 g/mol. The van der Waals surface area contributed by atoms with E-state index in [4.69, 9.17) is 0 Å². The molecule has 5 nitrogen and oxygen atoms in total. The molecule has 0 atom stereocenters. The molecule has 1 aromatic heterocycles. The van der Waals surface area contributed by atoms with E-state index in [2.05, 4.69) is 31.6 Å². The van der Waals surface area contributed by atoms with Crippen LogP contribution in [0.4, 0.5) is 0 Å². The van der Waals surface area contributed by atoms with Crippen LogP contribution < -0.4 is 56.5 Å². The van der Waals surface area contributed by atoms with Gasteiger partial charge in [0, 0.05) is 0 Å². The number of ether oxygens (including phenoxy) is 1. The van der Waals surface area contributed by atoms with Crippen molar-refractivity contribution in [3.8, 4) is 0 Å². The first-order valence-electron chi connectivity index (χ1n) is 2.91. The Balaban J connectivity index is 0.00000121. The predicted molar refractivity (Wildman–Crippen MR) is 36.6 cm³/mol. The Hall–Kier alpha value is 0.466. The molecule has 0 aliphatic carbocycles. The van der Waals surface area contributed by atoms with Crippen LogP contribution >= 0.6 is 12.2 Å². The zero-order valence-corrected chi connectivity index (χ0v) is 10.7. The smallest absolute Gasteiger partial charge is 0.532 e. The maximum atomic E-state index is 10.8. The van der Waals surface area contributed by atoms with Crippen LogP contribution in [-0.2, 0) is 4.74 Å². The summed E-state index contributed by atoms with van der Waals surface area (Å²) in [6.07, 6.45) is 0. The summed E-state index contributed by atoms with van der Waals surface area (Å²) in [6.45, 7) is 1.96. The monoisotopic (exact) mass is 212 g/mol. The fraction of sp³-hybridized carbons (Fsp3) is 0.400. The predicted octanol–water partition coefficient (Wildman–Crippen LogP) is -2.46. The molecular formula is C5H5KN2O3S. The van der Waals surface area contributed by atoms with Gasteiger partial charge in [-0.1, -0.05) is 12.2 Å². The number of nitrogens with zero attached hydrogens (tertiary/aromatic N) is 2. The molecule has 60 valence electrons. The van der Waals surface area contributed by atoms with Crippen molar-refractivity contribution in [2.75, 3.05) is 6.61 Å². The second-order valence-corrected chi connectivity index (χ2v) is 1.94. The van der Waals surface area contributed by atoms with Crippen molar-refractivity contribution in [1.29, 1.82) is 0 Å². The van der Waals surface area contributed by atoms with Crippen LogP contribution in [0.5, 0.6) is 0 Å². The summed E-state index contributed by atoms with van der Waals surface area (Å²) in [5.41, 5.74) is 0. The molecule has 0 spiro atoms. The van der Waals surface area contributed by atoms with Gasteiger partial charge in [0.15, 0.2) is 0 Å². The molecule has 0 radical (unpaired) electrons. The molecule has 1 rings (SSSR count). The SMILES string of the molecule is CCOC(=O)c1n[n-]c(=S)o1.[K+]. The molecule has 0 aliphatic heterocycles. The molecule has 0 N–H and O–H groups in total. The molecule has 0 amide bonds. The van der Waals surface area contributed by atoms with Gasteiger partial charge >= 0.3 is 57.4 Å². The van der Waals surface area contributed by atoms with E-state index in [0.717, 1.165) is 0 Å². The van der Waals surface area contributed by atoms with Gasteiger partial charge in [0.25, 0.3) is 5.89 Å². The Morgan fingerprint density at radius 2 is 2.50 bits per heavy atom.